The number of rotatable bonds is 5. The number of nitrogens with two attached hydrogens (primary N) is 1. The van der Waals surface area contributed by atoms with Gasteiger partial charge in [0.05, 0.1) is 5.92 Å². The van der Waals surface area contributed by atoms with Gasteiger partial charge in [-0.05, 0) is 43.0 Å². The van der Waals surface area contributed by atoms with Gasteiger partial charge in [0.15, 0.2) is 0 Å². The minimum Gasteiger partial charge on any atom is -0.343 e. The van der Waals surface area contributed by atoms with E-state index in [9.17, 15) is 14.4 Å². The molecule has 8 nitrogen and oxygen atoms in total. The predicted octanol–water partition coefficient (Wildman–Crippen LogP) is -0.919. The number of carbonyl (C=O) groups is 3. The molecule has 1 aromatic rings. The molecule has 0 unspecified atom stereocenters. The Morgan fingerprint density at radius 2 is 1.96 bits per heavy atom. The summed E-state index contributed by atoms with van der Waals surface area (Å²) in [5, 5.41) is 11.2. The summed E-state index contributed by atoms with van der Waals surface area (Å²) in [7, 11) is 0. The zero-order chi connectivity index (χ0) is 19.8. The van der Waals surface area contributed by atoms with E-state index in [1.807, 2.05) is 0 Å². The number of nitrogens with zero attached hydrogens (tertiary/aromatic N) is 1. The van der Waals surface area contributed by atoms with Crippen molar-refractivity contribution in [2.24, 2.45) is 11.7 Å². The number of hydrogen-bond donors (Lipinski definition) is 4. The quantitative estimate of drug-likeness (QED) is 0.232. The average molecular weight is 368 g/mol. The molecular formula is C19H20N4O4. The number of carbonyl (C=O) groups excluding carboxylic acids is 3. The summed E-state index contributed by atoms with van der Waals surface area (Å²) in [5.74, 6) is 10.2. The number of nitrogens with one attached hydrogen (secondary N) is 2. The highest BCUT2D eigenvalue weighted by Gasteiger charge is 2.24. The van der Waals surface area contributed by atoms with Crippen LogP contribution in [0.5, 0.6) is 0 Å². The van der Waals surface area contributed by atoms with E-state index in [2.05, 4.69) is 29.0 Å². The summed E-state index contributed by atoms with van der Waals surface area (Å²) in [6, 6.07) is 4.71. The van der Waals surface area contributed by atoms with Gasteiger partial charge in [0.25, 0.3) is 11.8 Å². The van der Waals surface area contributed by atoms with Gasteiger partial charge in [-0.1, -0.05) is 11.8 Å². The molecule has 1 heterocycles. The number of benzene rings is 1. The van der Waals surface area contributed by atoms with Gasteiger partial charge in [-0.15, -0.1) is 0 Å². The fourth-order valence-electron chi connectivity index (χ4n) is 2.37. The Bertz CT molecular complexity index is 821. The van der Waals surface area contributed by atoms with Crippen LogP contribution in [0.25, 0.3) is 0 Å². The average Bonchev–Trinajstić information content (AvgIpc) is 2.63. The van der Waals surface area contributed by atoms with Gasteiger partial charge in [-0.3, -0.25) is 19.6 Å². The van der Waals surface area contributed by atoms with Crippen molar-refractivity contribution < 1.29 is 19.6 Å². The Morgan fingerprint density at radius 3 is 2.52 bits per heavy atom. The predicted molar refractivity (Wildman–Crippen MR) is 97.1 cm³/mol. The molecule has 8 heteroatoms. The number of hydrogen-bond acceptors (Lipinski definition) is 5. The van der Waals surface area contributed by atoms with E-state index in [1.165, 1.54) is 5.48 Å². The van der Waals surface area contributed by atoms with Crippen molar-refractivity contribution in [3.63, 3.8) is 0 Å². The van der Waals surface area contributed by atoms with E-state index in [0.717, 1.165) is 6.41 Å². The lowest BCUT2D eigenvalue weighted by atomic mass is 10.0. The van der Waals surface area contributed by atoms with Gasteiger partial charge in [-0.25, -0.2) is 5.48 Å². The lowest BCUT2D eigenvalue weighted by Gasteiger charge is -2.32. The van der Waals surface area contributed by atoms with E-state index in [-0.39, 0.29) is 5.92 Å². The number of hydroxylamine groups is 1. The maximum atomic E-state index is 12.2. The second kappa shape index (κ2) is 9.39. The van der Waals surface area contributed by atoms with E-state index >= 15 is 0 Å². The first kappa shape index (κ1) is 20.0. The van der Waals surface area contributed by atoms with Crippen molar-refractivity contribution in [2.45, 2.75) is 19.0 Å². The van der Waals surface area contributed by atoms with Crippen LogP contribution in [0.4, 0.5) is 0 Å². The second-order valence-electron chi connectivity index (χ2n) is 6.14. The Morgan fingerprint density at radius 1 is 1.30 bits per heavy atom. The van der Waals surface area contributed by atoms with Crippen LogP contribution in [0.2, 0.25) is 0 Å². The molecule has 0 saturated carbocycles. The summed E-state index contributed by atoms with van der Waals surface area (Å²) < 4.78 is 0. The molecule has 1 saturated heterocycles. The molecule has 0 aromatic heterocycles. The van der Waals surface area contributed by atoms with Gasteiger partial charge >= 0.3 is 0 Å². The van der Waals surface area contributed by atoms with Crippen molar-refractivity contribution in [3.05, 3.63) is 35.4 Å². The molecule has 0 radical (unpaired) electrons. The third-order valence-electron chi connectivity index (χ3n) is 3.96. The van der Waals surface area contributed by atoms with Gasteiger partial charge in [0, 0.05) is 30.3 Å². The summed E-state index contributed by atoms with van der Waals surface area (Å²) >= 11 is 0. The Labute approximate surface area is 157 Å². The van der Waals surface area contributed by atoms with E-state index in [0.29, 0.717) is 24.2 Å². The fourth-order valence-corrected chi connectivity index (χ4v) is 2.37. The zero-order valence-corrected chi connectivity index (χ0v) is 14.7. The SMILES string of the molecule is C[C@@H](N)[C@H](NC(=O)c1ccc(C#CC#CC2CN(C=O)C2)cc1)C(=O)NO. The highest BCUT2D eigenvalue weighted by molar-refractivity contribution is 5.97. The third kappa shape index (κ3) is 5.58. The fraction of sp³-hybridized carbons (Fsp3) is 0.316. The van der Waals surface area contributed by atoms with Crippen molar-refractivity contribution in [3.8, 4) is 23.7 Å². The molecule has 0 bridgehead atoms. The van der Waals surface area contributed by atoms with Crippen LogP contribution in [0.1, 0.15) is 22.8 Å². The minimum atomic E-state index is -1.06. The summed E-state index contributed by atoms with van der Waals surface area (Å²) in [6.45, 7) is 2.82. The molecule has 3 amide bonds. The molecule has 1 aliphatic heterocycles. The topological polar surface area (TPSA) is 125 Å². The Balaban J connectivity index is 1.94. The largest absolute Gasteiger partial charge is 0.343 e. The Kier molecular flexibility index (Phi) is 6.95. The van der Waals surface area contributed by atoms with E-state index in [4.69, 9.17) is 10.9 Å². The number of amides is 3. The normalized spacial score (nSPS) is 15.0. The Hall–Kier alpha value is -3.33. The van der Waals surface area contributed by atoms with Crippen LogP contribution >= 0.6 is 0 Å². The molecule has 2 rings (SSSR count). The van der Waals surface area contributed by atoms with Gasteiger partial charge in [0.2, 0.25) is 6.41 Å². The highest BCUT2D eigenvalue weighted by Crippen LogP contribution is 2.10. The maximum Gasteiger partial charge on any atom is 0.267 e. The number of likely N-dealkylation sites (tertiary alicyclic amines) is 1. The molecule has 27 heavy (non-hydrogen) atoms. The van der Waals surface area contributed by atoms with E-state index < -0.39 is 23.9 Å². The maximum absolute atomic E-state index is 12.2. The van der Waals surface area contributed by atoms with Crippen LogP contribution in [-0.2, 0) is 9.59 Å². The van der Waals surface area contributed by atoms with Crippen LogP contribution in [0.3, 0.4) is 0 Å². The highest BCUT2D eigenvalue weighted by atomic mass is 16.5. The van der Waals surface area contributed by atoms with Crippen LogP contribution < -0.4 is 16.5 Å². The first-order valence-electron chi connectivity index (χ1n) is 8.26. The van der Waals surface area contributed by atoms with Crippen molar-refractivity contribution in [2.75, 3.05) is 13.1 Å². The molecule has 0 aliphatic carbocycles. The molecule has 140 valence electrons. The zero-order valence-electron chi connectivity index (χ0n) is 14.7. The molecule has 2 atom stereocenters. The van der Waals surface area contributed by atoms with Crippen LogP contribution in [0, 0.1) is 29.6 Å². The lowest BCUT2D eigenvalue weighted by molar-refractivity contribution is -0.131. The monoisotopic (exact) mass is 368 g/mol. The summed E-state index contributed by atoms with van der Waals surface area (Å²) in [4.78, 5) is 35.8. The summed E-state index contributed by atoms with van der Waals surface area (Å²) in [6.07, 6.45) is 0.800. The van der Waals surface area contributed by atoms with Gasteiger partial charge < -0.3 is 16.0 Å². The van der Waals surface area contributed by atoms with Crippen LogP contribution in [-0.4, -0.2) is 53.5 Å². The van der Waals surface area contributed by atoms with Crippen LogP contribution in [0.15, 0.2) is 24.3 Å². The van der Waals surface area contributed by atoms with Gasteiger partial charge in [0.1, 0.15) is 6.04 Å². The smallest absolute Gasteiger partial charge is 0.267 e. The van der Waals surface area contributed by atoms with E-state index in [1.54, 1.807) is 36.1 Å². The molecule has 1 aromatic carbocycles. The molecule has 1 fully saturated rings. The minimum absolute atomic E-state index is 0.171. The standard InChI is InChI=1S/C19H20N4O4/c1-13(20)17(19(26)22-27)21-18(25)16-8-6-14(7-9-16)4-2-3-5-15-10-23(11-15)12-24/h6-9,12-13,15,17,27H,10-11,20H2,1H3,(H,21,25)(H,22,26)/t13-,17+/m1/s1. The second-order valence-corrected chi connectivity index (χ2v) is 6.14. The molecule has 1 aliphatic rings. The summed E-state index contributed by atoms with van der Waals surface area (Å²) in [5.41, 5.74) is 8.13. The third-order valence-corrected chi connectivity index (χ3v) is 3.96. The molecule has 0 spiro atoms. The van der Waals surface area contributed by atoms with Crippen molar-refractivity contribution >= 4 is 18.2 Å². The van der Waals surface area contributed by atoms with Gasteiger partial charge in [-0.2, -0.15) is 0 Å². The van der Waals surface area contributed by atoms with Crippen molar-refractivity contribution in [1.82, 2.24) is 15.7 Å². The molecular weight excluding hydrogens is 348 g/mol. The lowest BCUT2D eigenvalue weighted by Crippen LogP contribution is -2.54. The molecule has 5 N–H and O–H groups in total. The first-order valence-corrected chi connectivity index (χ1v) is 8.26. The van der Waals surface area contributed by atoms with Crippen molar-refractivity contribution in [1.29, 1.82) is 0 Å². The first-order chi connectivity index (χ1) is 12.9.